The highest BCUT2D eigenvalue weighted by Crippen LogP contribution is 2.45. The van der Waals surface area contributed by atoms with E-state index < -0.39 is 23.1 Å². The highest BCUT2D eigenvalue weighted by molar-refractivity contribution is 6.16. The van der Waals surface area contributed by atoms with Crippen LogP contribution >= 0.6 is 0 Å². The van der Waals surface area contributed by atoms with Crippen LogP contribution < -0.4 is 20.8 Å². The minimum absolute atomic E-state index is 0.00637. The Labute approximate surface area is 350 Å². The molecule has 2 aromatic rings. The molecule has 0 saturated carbocycles. The quantitative estimate of drug-likeness (QED) is 0.133. The summed E-state index contributed by atoms with van der Waals surface area (Å²) in [5, 5.41) is 38.5. The number of carbonyl (C=O) groups excluding carboxylic acids is 2. The number of nitrogens with zero attached hydrogens (tertiary/aromatic N) is 3. The van der Waals surface area contributed by atoms with Crippen molar-refractivity contribution in [3.63, 3.8) is 0 Å². The lowest BCUT2D eigenvalue weighted by Gasteiger charge is -2.39. The molecule has 1 fully saturated rings. The van der Waals surface area contributed by atoms with Crippen molar-refractivity contribution < 1.29 is 39.1 Å². The number of rotatable bonds is 6. The second kappa shape index (κ2) is 18.7. The molecule has 4 N–H and O–H groups in total. The number of hydrogen-bond donors (Lipinski definition) is 4. The topological polar surface area (TPSA) is 163 Å². The zero-order chi connectivity index (χ0) is 43.6. The lowest BCUT2D eigenvalue weighted by Crippen LogP contribution is -2.44. The summed E-state index contributed by atoms with van der Waals surface area (Å²) in [5.41, 5.74) is -0.00286. The third-order valence-electron chi connectivity index (χ3n) is 12.2. The van der Waals surface area contributed by atoms with E-state index in [1.807, 2.05) is 24.3 Å². The van der Waals surface area contributed by atoms with Gasteiger partial charge in [0.2, 0.25) is 0 Å². The number of aliphatic hydroxyl groups is 1. The third-order valence-corrected chi connectivity index (χ3v) is 12.2. The summed E-state index contributed by atoms with van der Waals surface area (Å²) in [4.78, 5) is 41.3. The van der Waals surface area contributed by atoms with Crippen LogP contribution in [0.5, 0.6) is 17.2 Å². The summed E-state index contributed by atoms with van der Waals surface area (Å²) < 4.78 is 18.3. The van der Waals surface area contributed by atoms with Crippen molar-refractivity contribution in [2.45, 2.75) is 125 Å². The SMILES string of the molecule is COc1c(C)c(O)c2c(O)c3c4c(c2c1C(=O)C/C=C/C[C@@H](C)[C@@H](OC)[C@H](C)[C@H](OC(C)(C)O)[C@H](C)C[C@@H](C)/C=C/C=C(/C)C(=O)N3)=NC1(CCN(CC(C)C)CC1)N=4. The van der Waals surface area contributed by atoms with Gasteiger partial charge in [-0.3, -0.25) is 19.6 Å². The predicted octanol–water partition coefficient (Wildman–Crippen LogP) is 7.31. The number of phenols is 2. The van der Waals surface area contributed by atoms with Gasteiger partial charge in [0.1, 0.15) is 22.5 Å². The molecule has 3 heterocycles. The minimum atomic E-state index is -1.36. The molecule has 1 spiro atoms. The summed E-state index contributed by atoms with van der Waals surface area (Å²) in [6, 6.07) is 0. The number of phenolic OH excluding ortho intramolecular Hbond substituents is 2. The molecule has 1 amide bonds. The third kappa shape index (κ3) is 10.1. The standard InChI is InChI=1S/C47H68N4O8/c1-26(2)25-51-22-20-47(21-23-51)49-37-35-34-33(52)19-14-13-17-28(4)42(57-11)32(8)43(59-46(9,10)56)30(6)24-27(3)16-15-18-29(5)45(55)48-39(38(37)50-47)41(54)36(35)40(53)31(7)44(34)58-12/h13-16,18,26-28,30,32,42-43,53-54,56H,17,19-25H2,1-12H3,(H,48,55)/b14-13+,16-15+,29-18-/t27-,28+,30+,32-,42+,43+/m0/s1. The second-order valence-corrected chi connectivity index (χ2v) is 18.2. The van der Waals surface area contributed by atoms with Gasteiger partial charge < -0.3 is 39.7 Å². The Kier molecular flexibility index (Phi) is 14.5. The molecule has 0 unspecified atom stereocenters. The van der Waals surface area contributed by atoms with Gasteiger partial charge >= 0.3 is 0 Å². The Hall–Kier alpha value is -4.10. The number of carbonyl (C=O) groups is 2. The number of allylic oxidation sites excluding steroid dienone is 5. The maximum absolute atomic E-state index is 14.5. The number of benzene rings is 2. The van der Waals surface area contributed by atoms with Crippen molar-refractivity contribution in [3.05, 3.63) is 57.8 Å². The fourth-order valence-electron chi connectivity index (χ4n) is 9.35. The fourth-order valence-corrected chi connectivity index (χ4v) is 9.35. The van der Waals surface area contributed by atoms with Gasteiger partial charge in [-0.25, -0.2) is 0 Å². The maximum atomic E-state index is 14.5. The number of nitrogens with one attached hydrogen (secondary N) is 1. The lowest BCUT2D eigenvalue weighted by atomic mass is 9.80. The van der Waals surface area contributed by atoms with Gasteiger partial charge in [0.25, 0.3) is 5.91 Å². The van der Waals surface area contributed by atoms with E-state index >= 15 is 0 Å². The van der Waals surface area contributed by atoms with E-state index in [-0.39, 0.29) is 92.5 Å². The Morgan fingerprint density at radius 1 is 0.949 bits per heavy atom. The second-order valence-electron chi connectivity index (χ2n) is 18.2. The minimum Gasteiger partial charge on any atom is -0.507 e. The van der Waals surface area contributed by atoms with Crippen LogP contribution in [0.25, 0.3) is 10.8 Å². The first-order valence-electron chi connectivity index (χ1n) is 21.3. The number of likely N-dealkylation sites (tertiary alicyclic amines) is 1. The largest absolute Gasteiger partial charge is 0.507 e. The van der Waals surface area contributed by atoms with Gasteiger partial charge in [-0.2, -0.15) is 0 Å². The lowest BCUT2D eigenvalue weighted by molar-refractivity contribution is -0.237. The van der Waals surface area contributed by atoms with Gasteiger partial charge in [0.15, 0.2) is 23.0 Å². The van der Waals surface area contributed by atoms with Crippen LogP contribution in [0.4, 0.5) is 5.69 Å². The molecule has 12 heteroatoms. The molecule has 5 rings (SSSR count). The van der Waals surface area contributed by atoms with E-state index in [0.29, 0.717) is 36.1 Å². The van der Waals surface area contributed by atoms with Crippen molar-refractivity contribution >= 4 is 28.2 Å². The Morgan fingerprint density at radius 3 is 2.22 bits per heavy atom. The van der Waals surface area contributed by atoms with Crippen LogP contribution in [0.3, 0.4) is 0 Å². The van der Waals surface area contributed by atoms with E-state index in [1.54, 1.807) is 40.9 Å². The number of amides is 1. The van der Waals surface area contributed by atoms with Gasteiger partial charge in [-0.15, -0.1) is 0 Å². The molecule has 0 aliphatic carbocycles. The predicted molar refractivity (Wildman–Crippen MR) is 232 cm³/mol. The monoisotopic (exact) mass is 817 g/mol. The molecular formula is C47H68N4O8. The van der Waals surface area contributed by atoms with Crippen LogP contribution in [-0.4, -0.2) is 89.4 Å². The van der Waals surface area contributed by atoms with Crippen LogP contribution in [0.1, 0.15) is 110 Å². The zero-order valence-corrected chi connectivity index (χ0v) is 37.3. The van der Waals surface area contributed by atoms with Gasteiger partial charge in [0, 0.05) is 68.4 Å². The normalized spacial score (nSPS) is 28.2. The molecular weight excluding hydrogens is 749 g/mol. The van der Waals surface area contributed by atoms with Gasteiger partial charge in [-0.1, -0.05) is 71.9 Å². The maximum Gasteiger partial charge on any atom is 0.251 e. The van der Waals surface area contributed by atoms with Crippen molar-refractivity contribution in [2.24, 2.45) is 39.6 Å². The smallest absolute Gasteiger partial charge is 0.251 e. The average molecular weight is 817 g/mol. The summed E-state index contributed by atoms with van der Waals surface area (Å²) in [7, 11) is 3.15. The molecule has 1 saturated heterocycles. The number of anilines is 1. The van der Waals surface area contributed by atoms with E-state index in [2.05, 4.69) is 51.8 Å². The first-order valence-corrected chi connectivity index (χ1v) is 21.3. The van der Waals surface area contributed by atoms with Crippen molar-refractivity contribution in [1.29, 1.82) is 0 Å². The highest BCUT2D eigenvalue weighted by atomic mass is 16.6. The molecule has 2 aromatic carbocycles. The highest BCUT2D eigenvalue weighted by Gasteiger charge is 2.40. The Balaban J connectivity index is 1.70. The van der Waals surface area contributed by atoms with Crippen LogP contribution in [0.2, 0.25) is 0 Å². The molecule has 0 aromatic heterocycles. The Morgan fingerprint density at radius 2 is 1.61 bits per heavy atom. The molecule has 3 aliphatic rings. The first kappa shape index (κ1) is 46.0. The fraction of sp³-hybridized carbons (Fsp3) is 0.617. The zero-order valence-electron chi connectivity index (χ0n) is 37.3. The van der Waals surface area contributed by atoms with E-state index in [9.17, 15) is 24.9 Å². The van der Waals surface area contributed by atoms with E-state index in [1.165, 1.54) is 7.11 Å². The average Bonchev–Trinajstić information content (AvgIpc) is 3.53. The van der Waals surface area contributed by atoms with Crippen molar-refractivity contribution in [1.82, 2.24) is 4.90 Å². The van der Waals surface area contributed by atoms with Crippen molar-refractivity contribution in [2.75, 3.05) is 39.2 Å². The molecule has 0 radical (unpaired) electrons. The summed E-state index contributed by atoms with van der Waals surface area (Å²) in [6.07, 6.45) is 11.5. The first-order chi connectivity index (χ1) is 27.7. The molecule has 3 aliphatic heterocycles. The number of methoxy groups -OCH3 is 2. The van der Waals surface area contributed by atoms with Gasteiger partial charge in [0.05, 0.1) is 35.6 Å². The van der Waals surface area contributed by atoms with E-state index in [0.717, 1.165) is 26.1 Å². The number of hydrogen-bond acceptors (Lipinski definition) is 11. The molecule has 6 atom stereocenters. The summed E-state index contributed by atoms with van der Waals surface area (Å²) >= 11 is 0. The number of Topliss-reactive ketones (excluding diaryl/α,β-unsaturated/α-hetero) is 1. The van der Waals surface area contributed by atoms with Crippen LogP contribution in [0, 0.1) is 36.5 Å². The molecule has 2 bridgehead atoms. The van der Waals surface area contributed by atoms with E-state index in [4.69, 9.17) is 24.2 Å². The molecule has 324 valence electrons. The number of ketones is 1. The molecule has 12 nitrogen and oxygen atoms in total. The summed E-state index contributed by atoms with van der Waals surface area (Å²) in [6.45, 7) is 21.9. The van der Waals surface area contributed by atoms with Crippen LogP contribution in [-0.2, 0) is 14.3 Å². The Bertz CT molecular complexity index is 2110. The number of ether oxygens (including phenoxy) is 3. The van der Waals surface area contributed by atoms with Crippen LogP contribution in [0.15, 0.2) is 45.9 Å². The van der Waals surface area contributed by atoms with Gasteiger partial charge in [-0.05, 0) is 64.2 Å². The number of aromatic hydroxyl groups is 2. The number of piperidine rings is 1. The van der Waals surface area contributed by atoms with Crippen molar-refractivity contribution in [3.8, 4) is 17.2 Å². The summed E-state index contributed by atoms with van der Waals surface area (Å²) in [5.74, 6) is -2.01. The molecule has 59 heavy (non-hydrogen) atoms.